The lowest BCUT2D eigenvalue weighted by atomic mass is 10.1. The third-order valence-corrected chi connectivity index (χ3v) is 2.75. The van der Waals surface area contributed by atoms with Crippen LogP contribution in [-0.2, 0) is 0 Å². The van der Waals surface area contributed by atoms with Gasteiger partial charge in [0.05, 0.1) is 6.10 Å². The molecule has 0 aromatic heterocycles. The van der Waals surface area contributed by atoms with E-state index >= 15 is 0 Å². The molecule has 1 atom stereocenters. The SMILES string of the molecule is CCN(CCCO)c1ccc(F)cc1[C@@H](C)O. The van der Waals surface area contributed by atoms with Gasteiger partial charge in [0.1, 0.15) is 5.82 Å². The second-order valence-corrected chi connectivity index (χ2v) is 4.04. The van der Waals surface area contributed by atoms with Crippen LogP contribution in [0.5, 0.6) is 0 Å². The van der Waals surface area contributed by atoms with Gasteiger partial charge in [0.25, 0.3) is 0 Å². The van der Waals surface area contributed by atoms with Gasteiger partial charge in [-0.1, -0.05) is 0 Å². The van der Waals surface area contributed by atoms with Crippen molar-refractivity contribution in [1.29, 1.82) is 0 Å². The fourth-order valence-corrected chi connectivity index (χ4v) is 1.86. The van der Waals surface area contributed by atoms with Gasteiger partial charge in [-0.15, -0.1) is 0 Å². The van der Waals surface area contributed by atoms with Gasteiger partial charge in [-0.3, -0.25) is 0 Å². The molecule has 1 aromatic rings. The Morgan fingerprint density at radius 3 is 2.65 bits per heavy atom. The van der Waals surface area contributed by atoms with E-state index in [1.165, 1.54) is 12.1 Å². The molecule has 0 amide bonds. The summed E-state index contributed by atoms with van der Waals surface area (Å²) in [4.78, 5) is 2.03. The predicted molar refractivity (Wildman–Crippen MR) is 66.6 cm³/mol. The molecule has 0 unspecified atom stereocenters. The maximum absolute atomic E-state index is 13.2. The van der Waals surface area contributed by atoms with Crippen LogP contribution in [0.3, 0.4) is 0 Å². The summed E-state index contributed by atoms with van der Waals surface area (Å²) in [6.45, 7) is 5.19. The van der Waals surface area contributed by atoms with E-state index in [1.54, 1.807) is 13.0 Å². The van der Waals surface area contributed by atoms with Gasteiger partial charge < -0.3 is 15.1 Å². The zero-order valence-corrected chi connectivity index (χ0v) is 10.4. The Morgan fingerprint density at radius 2 is 2.12 bits per heavy atom. The number of rotatable bonds is 6. The van der Waals surface area contributed by atoms with Crippen molar-refractivity contribution in [3.63, 3.8) is 0 Å². The van der Waals surface area contributed by atoms with E-state index in [2.05, 4.69) is 0 Å². The molecule has 4 heteroatoms. The average molecular weight is 241 g/mol. The molecule has 0 heterocycles. The smallest absolute Gasteiger partial charge is 0.123 e. The van der Waals surface area contributed by atoms with Crippen molar-refractivity contribution < 1.29 is 14.6 Å². The molecular weight excluding hydrogens is 221 g/mol. The van der Waals surface area contributed by atoms with E-state index in [0.29, 0.717) is 18.5 Å². The van der Waals surface area contributed by atoms with Crippen molar-refractivity contribution in [3.8, 4) is 0 Å². The van der Waals surface area contributed by atoms with Gasteiger partial charge in [0.15, 0.2) is 0 Å². The van der Waals surface area contributed by atoms with E-state index in [1.807, 2.05) is 11.8 Å². The highest BCUT2D eigenvalue weighted by molar-refractivity contribution is 5.54. The summed E-state index contributed by atoms with van der Waals surface area (Å²) < 4.78 is 13.2. The molecule has 1 rings (SSSR count). The average Bonchev–Trinajstić information content (AvgIpc) is 2.31. The summed E-state index contributed by atoms with van der Waals surface area (Å²) in [5.74, 6) is -0.345. The molecule has 0 aliphatic rings. The number of hydrogen-bond donors (Lipinski definition) is 2. The molecule has 0 saturated heterocycles. The summed E-state index contributed by atoms with van der Waals surface area (Å²) in [6, 6.07) is 4.43. The Labute approximate surface area is 101 Å². The monoisotopic (exact) mass is 241 g/mol. The van der Waals surface area contributed by atoms with Crippen molar-refractivity contribution in [2.24, 2.45) is 0 Å². The minimum absolute atomic E-state index is 0.127. The molecule has 0 spiro atoms. The normalized spacial score (nSPS) is 12.5. The molecule has 0 radical (unpaired) electrons. The topological polar surface area (TPSA) is 43.7 Å². The van der Waals surface area contributed by atoms with Gasteiger partial charge in [0, 0.05) is 30.9 Å². The van der Waals surface area contributed by atoms with Gasteiger partial charge in [0.2, 0.25) is 0 Å². The first-order chi connectivity index (χ1) is 8.10. The molecule has 0 aliphatic heterocycles. The van der Waals surface area contributed by atoms with Crippen LogP contribution in [0.15, 0.2) is 18.2 Å². The van der Waals surface area contributed by atoms with Crippen LogP contribution in [-0.4, -0.2) is 29.9 Å². The van der Waals surface area contributed by atoms with Crippen LogP contribution in [0.1, 0.15) is 31.9 Å². The molecule has 3 nitrogen and oxygen atoms in total. The minimum Gasteiger partial charge on any atom is -0.396 e. The fraction of sp³-hybridized carbons (Fsp3) is 0.538. The van der Waals surface area contributed by atoms with Crippen LogP contribution in [0.2, 0.25) is 0 Å². The summed E-state index contributed by atoms with van der Waals surface area (Å²) in [5, 5.41) is 18.5. The number of halogens is 1. The molecular formula is C13H20FNO2. The third-order valence-electron chi connectivity index (χ3n) is 2.75. The zero-order chi connectivity index (χ0) is 12.8. The van der Waals surface area contributed by atoms with E-state index in [9.17, 15) is 9.50 Å². The van der Waals surface area contributed by atoms with E-state index < -0.39 is 6.10 Å². The first kappa shape index (κ1) is 13.9. The minimum atomic E-state index is -0.705. The standard InChI is InChI=1S/C13H20FNO2/c1-3-15(7-4-8-16)13-6-5-11(14)9-12(13)10(2)17/h5-6,9-10,16-17H,3-4,7-8H2,1-2H3/t10-/m1/s1. The van der Waals surface area contributed by atoms with Crippen molar-refractivity contribution in [1.82, 2.24) is 0 Å². The number of nitrogens with zero attached hydrogens (tertiary/aromatic N) is 1. The number of benzene rings is 1. The summed E-state index contributed by atoms with van der Waals surface area (Å²) in [5.41, 5.74) is 1.42. The maximum Gasteiger partial charge on any atom is 0.123 e. The molecule has 0 aliphatic carbocycles. The Kier molecular flexibility index (Phi) is 5.38. The molecule has 0 fully saturated rings. The highest BCUT2D eigenvalue weighted by Crippen LogP contribution is 2.27. The van der Waals surface area contributed by atoms with Crippen LogP contribution in [0.25, 0.3) is 0 Å². The van der Waals surface area contributed by atoms with E-state index in [4.69, 9.17) is 5.11 Å². The number of aliphatic hydroxyl groups excluding tert-OH is 2. The quantitative estimate of drug-likeness (QED) is 0.801. The molecule has 1 aromatic carbocycles. The molecule has 0 saturated carbocycles. The Hall–Kier alpha value is -1.13. The van der Waals surface area contributed by atoms with E-state index in [0.717, 1.165) is 12.2 Å². The first-order valence-electron chi connectivity index (χ1n) is 5.93. The zero-order valence-electron chi connectivity index (χ0n) is 10.4. The highest BCUT2D eigenvalue weighted by Gasteiger charge is 2.14. The van der Waals surface area contributed by atoms with Crippen molar-refractivity contribution in [2.75, 3.05) is 24.6 Å². The highest BCUT2D eigenvalue weighted by atomic mass is 19.1. The number of anilines is 1. The summed E-state index contributed by atoms with van der Waals surface area (Å²) in [6.07, 6.45) is -0.0475. The van der Waals surface area contributed by atoms with Crippen LogP contribution < -0.4 is 4.90 Å². The fourth-order valence-electron chi connectivity index (χ4n) is 1.86. The van der Waals surface area contributed by atoms with Crippen LogP contribution in [0, 0.1) is 5.82 Å². The Morgan fingerprint density at radius 1 is 1.41 bits per heavy atom. The van der Waals surface area contributed by atoms with Crippen molar-refractivity contribution in [3.05, 3.63) is 29.6 Å². The van der Waals surface area contributed by atoms with Crippen molar-refractivity contribution >= 4 is 5.69 Å². The van der Waals surface area contributed by atoms with Gasteiger partial charge in [-0.2, -0.15) is 0 Å². The van der Waals surface area contributed by atoms with Crippen molar-refractivity contribution in [2.45, 2.75) is 26.4 Å². The predicted octanol–water partition coefficient (Wildman–Crippen LogP) is 2.09. The first-order valence-corrected chi connectivity index (χ1v) is 5.93. The maximum atomic E-state index is 13.2. The van der Waals surface area contributed by atoms with Gasteiger partial charge >= 0.3 is 0 Å². The molecule has 17 heavy (non-hydrogen) atoms. The lowest BCUT2D eigenvalue weighted by molar-refractivity contribution is 0.199. The molecule has 96 valence electrons. The number of aliphatic hydroxyl groups is 2. The van der Waals surface area contributed by atoms with Crippen LogP contribution in [0.4, 0.5) is 10.1 Å². The lowest BCUT2D eigenvalue weighted by Crippen LogP contribution is -2.26. The van der Waals surface area contributed by atoms with Gasteiger partial charge in [-0.25, -0.2) is 4.39 Å². The summed E-state index contributed by atoms with van der Waals surface area (Å²) >= 11 is 0. The molecule has 2 N–H and O–H groups in total. The Balaban J connectivity index is 3.00. The second kappa shape index (κ2) is 6.57. The lowest BCUT2D eigenvalue weighted by Gasteiger charge is -2.26. The number of hydrogen-bond acceptors (Lipinski definition) is 3. The largest absolute Gasteiger partial charge is 0.396 e. The molecule has 0 bridgehead atoms. The Bertz CT molecular complexity index is 355. The summed E-state index contributed by atoms with van der Waals surface area (Å²) in [7, 11) is 0. The second-order valence-electron chi connectivity index (χ2n) is 4.04. The van der Waals surface area contributed by atoms with Gasteiger partial charge in [-0.05, 0) is 38.5 Å². The van der Waals surface area contributed by atoms with Crippen LogP contribution >= 0.6 is 0 Å². The van der Waals surface area contributed by atoms with E-state index in [-0.39, 0.29) is 12.4 Å². The third kappa shape index (κ3) is 3.68.